The number of unbranched alkanes of at least 4 members (excludes halogenated alkanes) is 3. The Hall–Kier alpha value is -3.14. The van der Waals surface area contributed by atoms with Crippen LogP contribution in [0.15, 0.2) is 91.0 Å². The average Bonchev–Trinajstić information content (AvgIpc) is 3.60. The van der Waals surface area contributed by atoms with Gasteiger partial charge in [0, 0.05) is 41.1 Å². The summed E-state index contributed by atoms with van der Waals surface area (Å²) >= 11 is 0. The van der Waals surface area contributed by atoms with Gasteiger partial charge in [0.25, 0.3) is 0 Å². The normalized spacial score (nSPS) is 25.7. The quantitative estimate of drug-likeness (QED) is 0.133. The van der Waals surface area contributed by atoms with Gasteiger partial charge in [-0.05, 0) is 79.5 Å². The Morgan fingerprint density at radius 1 is 0.848 bits per heavy atom. The molecular formula is C43H53NOSi. The molecular weight excluding hydrogens is 575 g/mol. The van der Waals surface area contributed by atoms with E-state index in [0.29, 0.717) is 11.8 Å². The monoisotopic (exact) mass is 627 g/mol. The number of aryl methyl sites for hydroxylation is 2. The standard InChI is InChI=1S/C43H53NOSi/c1-30-25-26-38-34(29-30)39-40(44(38)7)33-21-13-16-24-37(33)43(39,6)46(8,28-18-10-9-17-27-45-41(2,3)4)42(5)35-22-14-11-19-31(35)32-20-12-15-23-36(32)42/h11-16,19-26,29,31,35H,9-10,17-18,27-28H2,1-8H3. The highest BCUT2D eigenvalue weighted by molar-refractivity contribution is 6.85. The summed E-state index contributed by atoms with van der Waals surface area (Å²) in [5, 5.41) is 1.45. The van der Waals surface area contributed by atoms with E-state index in [9.17, 15) is 0 Å². The van der Waals surface area contributed by atoms with Gasteiger partial charge in [-0.15, -0.1) is 0 Å². The minimum atomic E-state index is -2.34. The number of hydrogen-bond donors (Lipinski definition) is 0. The highest BCUT2D eigenvalue weighted by atomic mass is 28.3. The van der Waals surface area contributed by atoms with Crippen molar-refractivity contribution < 1.29 is 4.74 Å². The first kappa shape index (κ1) is 31.5. The first-order valence-electron chi connectivity index (χ1n) is 17.7. The van der Waals surface area contributed by atoms with Crippen LogP contribution in [0, 0.1) is 12.8 Å². The Kier molecular flexibility index (Phi) is 7.68. The van der Waals surface area contributed by atoms with E-state index in [1.807, 2.05) is 0 Å². The molecule has 0 saturated heterocycles. The molecule has 0 bridgehead atoms. The summed E-state index contributed by atoms with van der Waals surface area (Å²) in [6.07, 6.45) is 14.6. The predicted octanol–water partition coefficient (Wildman–Crippen LogP) is 11.1. The van der Waals surface area contributed by atoms with E-state index in [0.717, 1.165) is 13.0 Å². The first-order chi connectivity index (χ1) is 21.9. The Morgan fingerprint density at radius 3 is 2.33 bits per heavy atom. The summed E-state index contributed by atoms with van der Waals surface area (Å²) in [5.41, 5.74) is 11.9. The highest BCUT2D eigenvalue weighted by Gasteiger charge is 2.67. The zero-order valence-corrected chi connectivity index (χ0v) is 30.4. The van der Waals surface area contributed by atoms with Crippen LogP contribution in [0.25, 0.3) is 22.2 Å². The zero-order chi connectivity index (χ0) is 32.5. The molecule has 4 aromatic rings. The molecule has 5 unspecified atom stereocenters. The molecule has 1 heterocycles. The average molecular weight is 628 g/mol. The molecule has 0 saturated carbocycles. The van der Waals surface area contributed by atoms with Crippen LogP contribution in [0.5, 0.6) is 0 Å². The molecule has 3 aromatic carbocycles. The minimum absolute atomic E-state index is 0.0559. The van der Waals surface area contributed by atoms with Gasteiger partial charge < -0.3 is 9.30 Å². The van der Waals surface area contributed by atoms with E-state index >= 15 is 0 Å². The molecule has 0 radical (unpaired) electrons. The largest absolute Gasteiger partial charge is 0.376 e. The molecule has 3 heteroatoms. The molecule has 1 aromatic heterocycles. The fourth-order valence-electron chi connectivity index (χ4n) is 10.1. The maximum Gasteiger partial charge on any atom is 0.0784 e. The molecule has 46 heavy (non-hydrogen) atoms. The summed E-state index contributed by atoms with van der Waals surface area (Å²) in [6.45, 7) is 17.8. The van der Waals surface area contributed by atoms with Gasteiger partial charge in [-0.2, -0.15) is 0 Å². The second kappa shape index (κ2) is 11.2. The third-order valence-electron chi connectivity index (χ3n) is 12.6. The number of aromatic nitrogens is 1. The summed E-state index contributed by atoms with van der Waals surface area (Å²) in [7, 11) is -0.0427. The molecule has 5 atom stereocenters. The summed E-state index contributed by atoms with van der Waals surface area (Å²) in [4.78, 5) is 0. The van der Waals surface area contributed by atoms with E-state index < -0.39 is 8.07 Å². The van der Waals surface area contributed by atoms with Crippen LogP contribution in [0.4, 0.5) is 0 Å². The van der Waals surface area contributed by atoms with Crippen molar-refractivity contribution in [2.24, 2.45) is 13.0 Å². The van der Waals surface area contributed by atoms with Gasteiger partial charge in [0.15, 0.2) is 0 Å². The minimum Gasteiger partial charge on any atom is -0.376 e. The lowest BCUT2D eigenvalue weighted by atomic mass is 9.84. The molecule has 0 amide bonds. The fraction of sp³-hybridized carbons (Fsp3) is 0.442. The lowest BCUT2D eigenvalue weighted by Crippen LogP contribution is -2.66. The number of allylic oxidation sites excluding steroid dienone is 4. The molecule has 0 spiro atoms. The zero-order valence-electron chi connectivity index (χ0n) is 29.4. The number of rotatable bonds is 9. The third kappa shape index (κ3) is 4.44. The number of fused-ring (bicyclic) bond motifs is 8. The van der Waals surface area contributed by atoms with E-state index in [1.165, 1.54) is 53.0 Å². The van der Waals surface area contributed by atoms with Gasteiger partial charge in [-0.3, -0.25) is 0 Å². The van der Waals surface area contributed by atoms with E-state index in [4.69, 9.17) is 4.74 Å². The number of nitrogens with zero attached hydrogens (tertiary/aromatic N) is 1. The van der Waals surface area contributed by atoms with Crippen molar-refractivity contribution in [3.63, 3.8) is 0 Å². The molecule has 3 aliphatic carbocycles. The Balaban J connectivity index is 1.41. The lowest BCUT2D eigenvalue weighted by Gasteiger charge is -2.56. The van der Waals surface area contributed by atoms with E-state index in [-0.39, 0.29) is 15.7 Å². The van der Waals surface area contributed by atoms with E-state index in [1.54, 1.807) is 22.3 Å². The van der Waals surface area contributed by atoms with Gasteiger partial charge in [-0.25, -0.2) is 0 Å². The van der Waals surface area contributed by atoms with Crippen molar-refractivity contribution >= 4 is 19.0 Å². The molecule has 3 aliphatic rings. The smallest absolute Gasteiger partial charge is 0.0784 e. The van der Waals surface area contributed by atoms with Crippen LogP contribution in [-0.2, 0) is 21.9 Å². The maximum absolute atomic E-state index is 6.09. The Bertz CT molecular complexity index is 1850. The van der Waals surface area contributed by atoms with Crippen LogP contribution in [0.3, 0.4) is 0 Å². The van der Waals surface area contributed by atoms with Crippen molar-refractivity contribution in [1.82, 2.24) is 4.57 Å². The topological polar surface area (TPSA) is 14.2 Å². The number of benzene rings is 3. The van der Waals surface area contributed by atoms with Gasteiger partial charge in [-0.1, -0.05) is 130 Å². The third-order valence-corrected chi connectivity index (χ3v) is 19.6. The van der Waals surface area contributed by atoms with Crippen molar-refractivity contribution in [2.45, 2.75) is 101 Å². The van der Waals surface area contributed by atoms with Crippen LogP contribution < -0.4 is 0 Å². The SMILES string of the molecule is Cc1ccc2c(c1)c1c(n2C)-c2ccccc2C1(C)[Si](C)(CCCCCCOC(C)(C)C)C1(C)c2ccccc2C2C=CC=CC21. The van der Waals surface area contributed by atoms with Gasteiger partial charge in [0.1, 0.15) is 0 Å². The highest BCUT2D eigenvalue weighted by Crippen LogP contribution is 2.66. The van der Waals surface area contributed by atoms with Crippen molar-refractivity contribution in [2.75, 3.05) is 6.61 Å². The van der Waals surface area contributed by atoms with E-state index in [2.05, 4.69) is 151 Å². The molecule has 0 aliphatic heterocycles. The molecule has 0 N–H and O–H groups in total. The summed E-state index contributed by atoms with van der Waals surface area (Å²) in [5.74, 6) is 0.915. The van der Waals surface area contributed by atoms with Crippen LogP contribution >= 0.6 is 0 Å². The second-order valence-electron chi connectivity index (χ2n) is 16.0. The van der Waals surface area contributed by atoms with Crippen molar-refractivity contribution in [1.29, 1.82) is 0 Å². The van der Waals surface area contributed by atoms with Gasteiger partial charge in [0.05, 0.1) is 19.4 Å². The van der Waals surface area contributed by atoms with Crippen LogP contribution in [-0.4, -0.2) is 24.8 Å². The Labute approximate surface area is 278 Å². The molecule has 240 valence electrons. The van der Waals surface area contributed by atoms with Crippen LogP contribution in [0.2, 0.25) is 12.6 Å². The molecule has 0 fully saturated rings. The first-order valence-corrected chi connectivity index (χ1v) is 20.4. The fourth-order valence-corrected chi connectivity index (χ4v) is 16.6. The Morgan fingerprint density at radius 2 is 1.54 bits per heavy atom. The lowest BCUT2D eigenvalue weighted by molar-refractivity contribution is -0.00471. The number of hydrogen-bond acceptors (Lipinski definition) is 1. The van der Waals surface area contributed by atoms with Crippen molar-refractivity contribution in [3.05, 3.63) is 119 Å². The molecule has 2 nitrogen and oxygen atoms in total. The number of ether oxygens (including phenoxy) is 1. The van der Waals surface area contributed by atoms with Gasteiger partial charge >= 0.3 is 0 Å². The molecule has 7 rings (SSSR count). The summed E-state index contributed by atoms with van der Waals surface area (Å²) < 4.78 is 8.60. The van der Waals surface area contributed by atoms with Gasteiger partial charge in [0.2, 0.25) is 0 Å². The second-order valence-corrected chi connectivity index (χ2v) is 21.2. The van der Waals surface area contributed by atoms with Crippen LogP contribution in [0.1, 0.15) is 94.0 Å². The maximum atomic E-state index is 6.09. The predicted molar refractivity (Wildman–Crippen MR) is 198 cm³/mol. The van der Waals surface area contributed by atoms with Crippen molar-refractivity contribution in [3.8, 4) is 11.3 Å². The summed E-state index contributed by atoms with van der Waals surface area (Å²) in [6, 6.07) is 27.4.